The van der Waals surface area contributed by atoms with Crippen LogP contribution in [0.5, 0.6) is 11.5 Å². The normalized spacial score (nSPS) is 19.0. The van der Waals surface area contributed by atoms with Crippen LogP contribution in [0.1, 0.15) is 56.4 Å². The Labute approximate surface area is 96.9 Å². The van der Waals surface area contributed by atoms with Crippen LogP contribution in [0.25, 0.3) is 0 Å². The smallest absolute Gasteiger partial charge is 0.119 e. The summed E-state index contributed by atoms with van der Waals surface area (Å²) in [4.78, 5) is 0. The summed E-state index contributed by atoms with van der Waals surface area (Å²) in [6, 6.07) is 4.99. The second kappa shape index (κ2) is 5.24. The van der Waals surface area contributed by atoms with E-state index in [1.54, 1.807) is 12.1 Å². The average Bonchev–Trinajstić information content (AvgIpc) is 2.14. The maximum Gasteiger partial charge on any atom is 0.119 e. The summed E-state index contributed by atoms with van der Waals surface area (Å²) in [5.74, 6) is 0.868. The fourth-order valence-electron chi connectivity index (χ4n) is 2.64. The molecule has 0 aliphatic heterocycles. The van der Waals surface area contributed by atoms with E-state index in [0.717, 1.165) is 5.56 Å². The average molecular weight is 220 g/mol. The molecule has 1 aliphatic carbocycles. The van der Waals surface area contributed by atoms with E-state index in [1.807, 2.05) is 0 Å². The van der Waals surface area contributed by atoms with Gasteiger partial charge in [-0.15, -0.1) is 0 Å². The third-order valence-corrected chi connectivity index (χ3v) is 3.50. The predicted molar refractivity (Wildman–Crippen MR) is 64.8 cm³/mol. The van der Waals surface area contributed by atoms with Gasteiger partial charge in [0.05, 0.1) is 0 Å². The van der Waals surface area contributed by atoms with E-state index in [2.05, 4.69) is 0 Å². The Morgan fingerprint density at radius 3 is 1.81 bits per heavy atom. The molecule has 1 aromatic rings. The molecule has 0 heterocycles. The summed E-state index contributed by atoms with van der Waals surface area (Å²) in [7, 11) is 0. The van der Waals surface area contributed by atoms with Gasteiger partial charge >= 0.3 is 0 Å². The Morgan fingerprint density at radius 1 is 0.750 bits per heavy atom. The monoisotopic (exact) mass is 220 g/mol. The zero-order valence-corrected chi connectivity index (χ0v) is 9.65. The lowest BCUT2D eigenvalue weighted by molar-refractivity contribution is 0.434. The Morgan fingerprint density at radius 2 is 1.25 bits per heavy atom. The van der Waals surface area contributed by atoms with Crippen LogP contribution in [0.3, 0.4) is 0 Å². The lowest BCUT2D eigenvalue weighted by Crippen LogP contribution is -2.02. The van der Waals surface area contributed by atoms with E-state index >= 15 is 0 Å². The molecule has 1 fully saturated rings. The van der Waals surface area contributed by atoms with Crippen molar-refractivity contribution >= 4 is 0 Å². The standard InChI is InChI=1S/C14H20O2/c15-13-8-12(9-14(16)10-13)11-6-4-2-1-3-5-7-11/h8-11,15-16H,1-7H2. The fourth-order valence-corrected chi connectivity index (χ4v) is 2.64. The highest BCUT2D eigenvalue weighted by molar-refractivity contribution is 5.38. The highest BCUT2D eigenvalue weighted by Crippen LogP contribution is 2.34. The lowest BCUT2D eigenvalue weighted by atomic mass is 9.86. The molecule has 2 N–H and O–H groups in total. The highest BCUT2D eigenvalue weighted by Gasteiger charge is 2.14. The summed E-state index contributed by atoms with van der Waals surface area (Å²) in [6.45, 7) is 0. The van der Waals surface area contributed by atoms with Gasteiger partial charge < -0.3 is 10.2 Å². The SMILES string of the molecule is Oc1cc(O)cc(C2CCCCCCC2)c1. The number of hydrogen-bond donors (Lipinski definition) is 2. The van der Waals surface area contributed by atoms with Crippen LogP contribution in [-0.2, 0) is 0 Å². The van der Waals surface area contributed by atoms with Crippen molar-refractivity contribution in [1.29, 1.82) is 0 Å². The zero-order chi connectivity index (χ0) is 11.4. The van der Waals surface area contributed by atoms with E-state index in [-0.39, 0.29) is 11.5 Å². The molecule has 0 unspecified atom stereocenters. The van der Waals surface area contributed by atoms with Crippen molar-refractivity contribution in [3.05, 3.63) is 23.8 Å². The first-order valence-corrected chi connectivity index (χ1v) is 6.28. The second-order valence-electron chi connectivity index (χ2n) is 4.82. The molecule has 2 nitrogen and oxygen atoms in total. The molecule has 0 radical (unpaired) electrons. The van der Waals surface area contributed by atoms with Gasteiger partial charge in [-0.25, -0.2) is 0 Å². The Balaban J connectivity index is 2.13. The van der Waals surface area contributed by atoms with E-state index in [4.69, 9.17) is 0 Å². The molecule has 0 aromatic heterocycles. The van der Waals surface area contributed by atoms with Gasteiger partial charge in [0.25, 0.3) is 0 Å². The minimum atomic E-state index is 0.178. The third kappa shape index (κ3) is 2.91. The van der Waals surface area contributed by atoms with Crippen molar-refractivity contribution in [3.63, 3.8) is 0 Å². The molecule has 0 amide bonds. The van der Waals surface area contributed by atoms with E-state index in [1.165, 1.54) is 51.0 Å². The predicted octanol–water partition coefficient (Wildman–Crippen LogP) is 3.93. The van der Waals surface area contributed by atoms with E-state index < -0.39 is 0 Å². The molecule has 2 rings (SSSR count). The van der Waals surface area contributed by atoms with Gasteiger partial charge in [-0.3, -0.25) is 0 Å². The van der Waals surface area contributed by atoms with E-state index in [9.17, 15) is 10.2 Å². The number of phenols is 2. The van der Waals surface area contributed by atoms with Crippen LogP contribution in [0.15, 0.2) is 18.2 Å². The first-order chi connectivity index (χ1) is 7.75. The maximum atomic E-state index is 9.49. The quantitative estimate of drug-likeness (QED) is 0.753. The summed E-state index contributed by atoms with van der Waals surface area (Å²) in [6.07, 6.45) is 8.90. The molecule has 1 aliphatic rings. The van der Waals surface area contributed by atoms with Gasteiger partial charge in [-0.05, 0) is 36.5 Å². The molecule has 88 valence electrons. The molecule has 16 heavy (non-hydrogen) atoms. The number of phenolic OH excluding ortho intramolecular Hbond substituents is 2. The fraction of sp³-hybridized carbons (Fsp3) is 0.571. The van der Waals surface area contributed by atoms with Crippen molar-refractivity contribution in [2.24, 2.45) is 0 Å². The molecular weight excluding hydrogens is 200 g/mol. The minimum Gasteiger partial charge on any atom is -0.508 e. The number of aromatic hydroxyl groups is 2. The molecule has 0 bridgehead atoms. The van der Waals surface area contributed by atoms with Crippen LogP contribution in [-0.4, -0.2) is 10.2 Å². The molecule has 0 spiro atoms. The van der Waals surface area contributed by atoms with Crippen molar-refractivity contribution < 1.29 is 10.2 Å². The Bertz CT molecular complexity index is 318. The van der Waals surface area contributed by atoms with Crippen LogP contribution < -0.4 is 0 Å². The Hall–Kier alpha value is -1.18. The van der Waals surface area contributed by atoms with Crippen LogP contribution in [0, 0.1) is 0 Å². The second-order valence-corrected chi connectivity index (χ2v) is 4.82. The summed E-state index contributed by atoms with van der Waals surface area (Å²) in [5, 5.41) is 19.0. The molecule has 1 saturated carbocycles. The van der Waals surface area contributed by atoms with Crippen LogP contribution in [0.2, 0.25) is 0 Å². The van der Waals surface area contributed by atoms with Gasteiger partial charge in [0, 0.05) is 6.07 Å². The van der Waals surface area contributed by atoms with Gasteiger partial charge in [-0.1, -0.05) is 32.1 Å². The number of rotatable bonds is 1. The number of benzene rings is 1. The van der Waals surface area contributed by atoms with Gasteiger partial charge in [0.1, 0.15) is 11.5 Å². The van der Waals surface area contributed by atoms with Crippen molar-refractivity contribution in [2.75, 3.05) is 0 Å². The molecular formula is C14H20O2. The van der Waals surface area contributed by atoms with Crippen LogP contribution >= 0.6 is 0 Å². The molecule has 0 saturated heterocycles. The van der Waals surface area contributed by atoms with Gasteiger partial charge in [0.15, 0.2) is 0 Å². The van der Waals surface area contributed by atoms with Crippen molar-refractivity contribution in [2.45, 2.75) is 50.9 Å². The van der Waals surface area contributed by atoms with Crippen LogP contribution in [0.4, 0.5) is 0 Å². The molecule has 1 aromatic carbocycles. The van der Waals surface area contributed by atoms with Crippen molar-refractivity contribution in [1.82, 2.24) is 0 Å². The minimum absolute atomic E-state index is 0.178. The van der Waals surface area contributed by atoms with Gasteiger partial charge in [0.2, 0.25) is 0 Å². The van der Waals surface area contributed by atoms with Crippen molar-refractivity contribution in [3.8, 4) is 11.5 Å². The third-order valence-electron chi connectivity index (χ3n) is 3.50. The number of hydrogen-bond acceptors (Lipinski definition) is 2. The zero-order valence-electron chi connectivity index (χ0n) is 9.65. The maximum absolute atomic E-state index is 9.49. The molecule has 0 atom stereocenters. The summed E-state index contributed by atoms with van der Waals surface area (Å²) >= 11 is 0. The summed E-state index contributed by atoms with van der Waals surface area (Å²) < 4.78 is 0. The first kappa shape index (κ1) is 11.3. The first-order valence-electron chi connectivity index (χ1n) is 6.28. The molecule has 2 heteroatoms. The topological polar surface area (TPSA) is 40.5 Å². The van der Waals surface area contributed by atoms with Gasteiger partial charge in [-0.2, -0.15) is 0 Å². The summed E-state index contributed by atoms with van der Waals surface area (Å²) in [5.41, 5.74) is 1.10. The highest BCUT2D eigenvalue weighted by atomic mass is 16.3. The largest absolute Gasteiger partial charge is 0.508 e. The lowest BCUT2D eigenvalue weighted by Gasteiger charge is -2.20. The Kier molecular flexibility index (Phi) is 3.70. The van der Waals surface area contributed by atoms with E-state index in [0.29, 0.717) is 5.92 Å².